The van der Waals surface area contributed by atoms with Crippen molar-refractivity contribution < 1.29 is 48.8 Å². The van der Waals surface area contributed by atoms with Crippen LogP contribution in [0.5, 0.6) is 0 Å². The molecule has 4 aromatic rings. The number of carbonyl (C=O) groups is 1. The van der Waals surface area contributed by atoms with Crippen LogP contribution in [0.25, 0.3) is 5.57 Å². The Morgan fingerprint density at radius 3 is 1.92 bits per heavy atom. The van der Waals surface area contributed by atoms with Crippen molar-refractivity contribution in [2.45, 2.75) is 42.3 Å². The lowest BCUT2D eigenvalue weighted by molar-refractivity contribution is -0.110. The molecule has 5 rings (SSSR count). The summed E-state index contributed by atoms with van der Waals surface area (Å²) in [4.78, 5) is 12.9. The van der Waals surface area contributed by atoms with Gasteiger partial charge in [0.2, 0.25) is 0 Å². The second-order valence-electron chi connectivity index (χ2n) is 12.1. The minimum atomic E-state index is -4.88. The summed E-state index contributed by atoms with van der Waals surface area (Å²) in [6.07, 6.45) is 3.37. The molecule has 278 valence electrons. The van der Waals surface area contributed by atoms with E-state index in [9.17, 15) is 48.8 Å². The lowest BCUT2D eigenvalue weighted by Gasteiger charge is -2.30. The van der Waals surface area contributed by atoms with Crippen molar-refractivity contribution in [3.63, 3.8) is 0 Å². The van der Waals surface area contributed by atoms with Crippen LogP contribution in [0.2, 0.25) is 0 Å². The first-order valence-electron chi connectivity index (χ1n) is 16.1. The van der Waals surface area contributed by atoms with Crippen LogP contribution < -0.4 is 10.2 Å². The molecular weight excluding hydrogens is 745 g/mol. The Bertz CT molecular complexity index is 2470. The number of hydrogen-bond acceptors (Lipinski definition) is 10. The molecule has 1 atom stereocenters. The summed E-state index contributed by atoms with van der Waals surface area (Å²) >= 11 is 0. The molecule has 0 aromatic heterocycles. The molecule has 13 nitrogen and oxygen atoms in total. The highest BCUT2D eigenvalue weighted by Gasteiger charge is 2.29. The number of nitrogens with zero attached hydrogens (tertiary/aromatic N) is 1. The number of aliphatic hydroxyl groups is 1. The smallest absolute Gasteiger partial charge is 0.295 e. The van der Waals surface area contributed by atoms with Gasteiger partial charge in [0.15, 0.2) is 11.5 Å². The van der Waals surface area contributed by atoms with E-state index >= 15 is 0 Å². The summed E-state index contributed by atoms with van der Waals surface area (Å²) in [6, 6.07) is 24.6. The molecule has 4 aromatic carbocycles. The van der Waals surface area contributed by atoms with Gasteiger partial charge in [-0.25, -0.2) is 0 Å². The second kappa shape index (κ2) is 15.2. The van der Waals surface area contributed by atoms with E-state index in [4.69, 9.17) is 0 Å². The maximum atomic E-state index is 12.5. The zero-order valence-corrected chi connectivity index (χ0v) is 30.9. The van der Waals surface area contributed by atoms with E-state index in [1.807, 2.05) is 11.8 Å². The molecule has 0 fully saturated rings. The topological polar surface area (TPSA) is 216 Å². The molecule has 0 amide bonds. The predicted molar refractivity (Wildman–Crippen MR) is 200 cm³/mol. The average Bonchev–Trinajstić information content (AvgIpc) is 3.11. The molecule has 1 unspecified atom stereocenters. The Hall–Kier alpha value is -4.94. The number of nitrogens with one attached hydrogen (secondary N) is 1. The normalized spacial score (nSPS) is 15.7. The van der Waals surface area contributed by atoms with Gasteiger partial charge in [-0.05, 0) is 90.2 Å². The molecule has 0 saturated heterocycles. The summed E-state index contributed by atoms with van der Waals surface area (Å²) in [5, 5.41) is 14.5. The first-order chi connectivity index (χ1) is 24.8. The monoisotopic (exact) mass is 780 g/mol. The van der Waals surface area contributed by atoms with Crippen molar-refractivity contribution in [2.24, 2.45) is 0 Å². The third-order valence-electron chi connectivity index (χ3n) is 8.66. The van der Waals surface area contributed by atoms with Gasteiger partial charge in [-0.1, -0.05) is 61.5 Å². The third-order valence-corrected chi connectivity index (χ3v) is 11.4. The Morgan fingerprint density at radius 2 is 1.36 bits per heavy atom. The first kappa shape index (κ1) is 39.3. The van der Waals surface area contributed by atoms with E-state index in [0.29, 0.717) is 40.2 Å². The fraction of sp³-hybridized carbons (Fsp3) is 0.162. The number of benzene rings is 4. The molecule has 53 heavy (non-hydrogen) atoms. The van der Waals surface area contributed by atoms with Crippen molar-refractivity contribution in [2.75, 3.05) is 16.8 Å². The van der Waals surface area contributed by atoms with E-state index in [1.54, 1.807) is 67.6 Å². The van der Waals surface area contributed by atoms with E-state index < -0.39 is 51.7 Å². The van der Waals surface area contributed by atoms with E-state index in [0.717, 1.165) is 12.1 Å². The Kier molecular flexibility index (Phi) is 11.3. The highest BCUT2D eigenvalue weighted by atomic mass is 32.2. The van der Waals surface area contributed by atoms with Gasteiger partial charge in [0, 0.05) is 41.7 Å². The highest BCUT2D eigenvalue weighted by molar-refractivity contribution is 7.90. The standard InChI is InChI=1S/C37H36N2O11S3/c1-3-37(41,28-9-7-10-32(22-28)51(42,43)44)38-29-16-12-25(13-17-29)36(33-21-20-31(40)23-35(33)53(48,49)50)26-14-18-30(19-15-26)39(4-2)24-27-8-5-6-11-34(27)52(45,46)47/h5-23,38,41H,3-4,24H2,1-2H3,(H,42,43,44)(H,45,46,47)(H,48,49,50). The lowest BCUT2D eigenvalue weighted by atomic mass is 9.90. The van der Waals surface area contributed by atoms with Gasteiger partial charge >= 0.3 is 0 Å². The first-order valence-corrected chi connectivity index (χ1v) is 20.4. The Morgan fingerprint density at radius 1 is 0.736 bits per heavy atom. The zero-order chi connectivity index (χ0) is 38.8. The molecule has 0 aliphatic heterocycles. The molecule has 1 aliphatic carbocycles. The summed E-state index contributed by atoms with van der Waals surface area (Å²) in [5.41, 5.74) is 1.13. The van der Waals surface area contributed by atoms with Crippen LogP contribution in [-0.2, 0) is 47.4 Å². The van der Waals surface area contributed by atoms with Gasteiger partial charge in [-0.2, -0.15) is 25.3 Å². The van der Waals surface area contributed by atoms with Crippen molar-refractivity contribution in [1.29, 1.82) is 0 Å². The van der Waals surface area contributed by atoms with Crippen LogP contribution in [-0.4, -0.2) is 56.3 Å². The van der Waals surface area contributed by atoms with Gasteiger partial charge in [0.1, 0.15) is 4.91 Å². The molecule has 0 saturated carbocycles. The highest BCUT2D eigenvalue weighted by Crippen LogP contribution is 2.37. The maximum Gasteiger partial charge on any atom is 0.295 e. The summed E-state index contributed by atoms with van der Waals surface area (Å²) in [5.74, 6) is -0.642. The fourth-order valence-corrected chi connectivity index (χ4v) is 7.91. The summed E-state index contributed by atoms with van der Waals surface area (Å²) in [7, 11) is -13.9. The Balaban J connectivity index is 1.56. The maximum absolute atomic E-state index is 12.5. The molecule has 16 heteroatoms. The zero-order valence-electron chi connectivity index (χ0n) is 28.4. The second-order valence-corrected chi connectivity index (χ2v) is 16.3. The SMILES string of the molecule is CCN(Cc1ccccc1S(=O)(=O)O)c1ccc(C(=C2C=CC(=O)C=C2S(=O)(=O)O)c2ccc(NC(O)(CC)c3cccc(S(=O)(=O)O)c3)cc2)cc1. The quantitative estimate of drug-likeness (QED) is 0.0828. The van der Waals surface area contributed by atoms with Gasteiger partial charge in [0.05, 0.1) is 9.79 Å². The van der Waals surface area contributed by atoms with Crippen molar-refractivity contribution in [3.8, 4) is 0 Å². The van der Waals surface area contributed by atoms with Gasteiger partial charge < -0.3 is 15.3 Å². The number of rotatable bonds is 13. The van der Waals surface area contributed by atoms with Gasteiger partial charge in [-0.3, -0.25) is 18.5 Å². The third kappa shape index (κ3) is 9.00. The van der Waals surface area contributed by atoms with Crippen molar-refractivity contribution in [3.05, 3.63) is 148 Å². The number of allylic oxidation sites excluding steroid dienone is 4. The van der Waals surface area contributed by atoms with Crippen LogP contribution in [0, 0.1) is 0 Å². The van der Waals surface area contributed by atoms with E-state index in [-0.39, 0.29) is 29.0 Å². The molecule has 0 spiro atoms. The van der Waals surface area contributed by atoms with Crippen molar-refractivity contribution >= 4 is 53.1 Å². The van der Waals surface area contributed by atoms with Crippen LogP contribution >= 0.6 is 0 Å². The van der Waals surface area contributed by atoms with Crippen LogP contribution in [0.1, 0.15) is 42.5 Å². The molecule has 0 radical (unpaired) electrons. The van der Waals surface area contributed by atoms with Gasteiger partial charge in [0.25, 0.3) is 30.4 Å². The molecule has 5 N–H and O–H groups in total. The number of ketones is 1. The van der Waals surface area contributed by atoms with Crippen LogP contribution in [0.15, 0.2) is 136 Å². The minimum absolute atomic E-state index is 0.0297. The van der Waals surface area contributed by atoms with Crippen LogP contribution in [0.3, 0.4) is 0 Å². The largest absolute Gasteiger partial charge is 0.367 e. The number of anilines is 2. The van der Waals surface area contributed by atoms with E-state index in [1.165, 1.54) is 42.5 Å². The van der Waals surface area contributed by atoms with Crippen molar-refractivity contribution in [1.82, 2.24) is 0 Å². The Labute approximate surface area is 307 Å². The lowest BCUT2D eigenvalue weighted by Crippen LogP contribution is -2.34. The molecule has 1 aliphatic rings. The molecular formula is C37H36N2O11S3. The minimum Gasteiger partial charge on any atom is -0.367 e. The van der Waals surface area contributed by atoms with E-state index in [2.05, 4.69) is 5.32 Å². The summed E-state index contributed by atoms with van der Waals surface area (Å²) in [6.45, 7) is 4.12. The van der Waals surface area contributed by atoms with Crippen LogP contribution in [0.4, 0.5) is 11.4 Å². The van der Waals surface area contributed by atoms with Gasteiger partial charge in [-0.15, -0.1) is 0 Å². The predicted octanol–water partition coefficient (Wildman–Crippen LogP) is 5.59. The fourth-order valence-electron chi connectivity index (χ4n) is 5.95. The molecule has 0 bridgehead atoms. The number of carbonyl (C=O) groups excluding carboxylic acids is 1. The summed E-state index contributed by atoms with van der Waals surface area (Å²) < 4.78 is 102. The average molecular weight is 781 g/mol. The molecule has 0 heterocycles. The number of hydrogen-bond donors (Lipinski definition) is 5.